The van der Waals surface area contributed by atoms with Crippen LogP contribution in [-0.4, -0.2) is 35.8 Å². The first-order valence-corrected chi connectivity index (χ1v) is 8.29. The summed E-state index contributed by atoms with van der Waals surface area (Å²) < 4.78 is 26.5. The van der Waals surface area contributed by atoms with Crippen molar-refractivity contribution in [2.24, 2.45) is 13.0 Å². The van der Waals surface area contributed by atoms with Crippen molar-refractivity contribution in [2.45, 2.75) is 18.9 Å². The summed E-state index contributed by atoms with van der Waals surface area (Å²) in [5.74, 6) is 0.260. The minimum absolute atomic E-state index is 0.00734. The van der Waals surface area contributed by atoms with Crippen LogP contribution in [0, 0.1) is 11.7 Å². The van der Waals surface area contributed by atoms with E-state index in [0.717, 1.165) is 18.7 Å². The zero-order valence-corrected chi connectivity index (χ0v) is 14.4. The van der Waals surface area contributed by atoms with Crippen LogP contribution in [0.1, 0.15) is 35.1 Å². The maximum Gasteiger partial charge on any atom is 0.254 e. The molecule has 1 amide bonds. The Morgan fingerprint density at radius 1 is 1.44 bits per heavy atom. The second kappa shape index (κ2) is 7.65. The molecule has 1 saturated heterocycles. The number of amides is 1. The maximum absolute atomic E-state index is 14.2. The fraction of sp³-hybridized carbons (Fsp3) is 0.444. The second-order valence-corrected chi connectivity index (χ2v) is 6.14. The Balaban J connectivity index is 1.84. The van der Waals surface area contributed by atoms with E-state index in [1.165, 1.54) is 19.2 Å². The first kappa shape index (κ1) is 17.4. The quantitative estimate of drug-likeness (QED) is 0.902. The molecule has 2 aromatic rings. The summed E-state index contributed by atoms with van der Waals surface area (Å²) in [4.78, 5) is 17.0. The summed E-state index contributed by atoms with van der Waals surface area (Å²) in [6.07, 6.45) is 5.18. The largest absolute Gasteiger partial charge is 0.497 e. The first-order chi connectivity index (χ1) is 12.1. The van der Waals surface area contributed by atoms with Crippen LogP contribution < -0.4 is 10.1 Å². The minimum atomic E-state index is -0.609. The molecule has 0 aliphatic carbocycles. The van der Waals surface area contributed by atoms with Crippen molar-refractivity contribution in [1.29, 1.82) is 0 Å². The molecular formula is C18H22FN3O3. The van der Waals surface area contributed by atoms with Crippen LogP contribution in [0.5, 0.6) is 5.75 Å². The third-order valence-electron chi connectivity index (χ3n) is 4.58. The summed E-state index contributed by atoms with van der Waals surface area (Å²) >= 11 is 0. The van der Waals surface area contributed by atoms with Gasteiger partial charge in [0.25, 0.3) is 5.91 Å². The summed E-state index contributed by atoms with van der Waals surface area (Å²) in [6.45, 7) is 1.30. The number of ether oxygens (including phenoxy) is 2. The van der Waals surface area contributed by atoms with Gasteiger partial charge in [0.05, 0.1) is 18.7 Å². The number of aromatic nitrogens is 2. The van der Waals surface area contributed by atoms with Crippen LogP contribution in [-0.2, 0) is 11.8 Å². The van der Waals surface area contributed by atoms with Gasteiger partial charge < -0.3 is 19.4 Å². The van der Waals surface area contributed by atoms with Gasteiger partial charge in [-0.05, 0) is 30.9 Å². The van der Waals surface area contributed by atoms with Gasteiger partial charge in [-0.15, -0.1) is 0 Å². The average Bonchev–Trinajstić information content (AvgIpc) is 3.05. The molecular weight excluding hydrogens is 325 g/mol. The Morgan fingerprint density at radius 2 is 2.20 bits per heavy atom. The number of aryl methyl sites for hydroxylation is 1. The number of halogens is 1. The van der Waals surface area contributed by atoms with E-state index in [-0.39, 0.29) is 17.5 Å². The molecule has 1 aromatic carbocycles. The van der Waals surface area contributed by atoms with Gasteiger partial charge in [0.2, 0.25) is 0 Å². The zero-order valence-electron chi connectivity index (χ0n) is 14.4. The molecule has 1 aliphatic heterocycles. The van der Waals surface area contributed by atoms with E-state index in [4.69, 9.17) is 9.47 Å². The molecule has 0 saturated carbocycles. The molecule has 0 spiro atoms. The van der Waals surface area contributed by atoms with Crippen molar-refractivity contribution in [1.82, 2.24) is 14.9 Å². The van der Waals surface area contributed by atoms with Crippen molar-refractivity contribution in [3.8, 4) is 5.75 Å². The Labute approximate surface area is 146 Å². The number of rotatable bonds is 5. The number of nitrogens with zero attached hydrogens (tertiary/aromatic N) is 2. The van der Waals surface area contributed by atoms with Crippen LogP contribution in [0.2, 0.25) is 0 Å². The topological polar surface area (TPSA) is 65.4 Å². The van der Waals surface area contributed by atoms with E-state index in [0.29, 0.717) is 19.0 Å². The van der Waals surface area contributed by atoms with Gasteiger partial charge in [0, 0.05) is 38.7 Å². The van der Waals surface area contributed by atoms with Gasteiger partial charge in [-0.2, -0.15) is 0 Å². The predicted octanol–water partition coefficient (Wildman–Crippen LogP) is 2.47. The van der Waals surface area contributed by atoms with Gasteiger partial charge in [0.1, 0.15) is 17.4 Å². The van der Waals surface area contributed by atoms with E-state index >= 15 is 0 Å². The molecule has 1 fully saturated rings. The molecule has 3 rings (SSSR count). The van der Waals surface area contributed by atoms with Crippen LogP contribution >= 0.6 is 0 Å². The molecule has 2 heterocycles. The summed E-state index contributed by atoms with van der Waals surface area (Å²) in [6, 6.07) is 3.92. The number of hydrogen-bond donors (Lipinski definition) is 1. The predicted molar refractivity (Wildman–Crippen MR) is 89.9 cm³/mol. The Hall–Kier alpha value is -2.41. The summed E-state index contributed by atoms with van der Waals surface area (Å²) in [5.41, 5.74) is -0.00734. The molecule has 0 unspecified atom stereocenters. The summed E-state index contributed by atoms with van der Waals surface area (Å²) in [5, 5.41) is 2.97. The Kier molecular flexibility index (Phi) is 5.33. The molecule has 1 aromatic heterocycles. The van der Waals surface area contributed by atoms with Gasteiger partial charge in [0.15, 0.2) is 0 Å². The van der Waals surface area contributed by atoms with Crippen molar-refractivity contribution in [3.63, 3.8) is 0 Å². The number of nitrogens with one attached hydrogen (secondary N) is 1. The molecule has 1 aliphatic rings. The molecule has 1 atom stereocenters. The molecule has 134 valence electrons. The smallest absolute Gasteiger partial charge is 0.254 e. The zero-order chi connectivity index (χ0) is 17.8. The highest BCUT2D eigenvalue weighted by molar-refractivity contribution is 5.94. The lowest BCUT2D eigenvalue weighted by Crippen LogP contribution is -2.37. The van der Waals surface area contributed by atoms with Gasteiger partial charge in [-0.25, -0.2) is 9.37 Å². The number of methoxy groups -OCH3 is 1. The maximum atomic E-state index is 14.2. The lowest BCUT2D eigenvalue weighted by molar-refractivity contribution is 0.0498. The molecule has 25 heavy (non-hydrogen) atoms. The molecule has 6 nitrogen and oxygen atoms in total. The highest BCUT2D eigenvalue weighted by Gasteiger charge is 2.30. The third kappa shape index (κ3) is 3.82. The molecule has 0 bridgehead atoms. The first-order valence-electron chi connectivity index (χ1n) is 8.29. The van der Waals surface area contributed by atoms with Crippen molar-refractivity contribution < 1.29 is 18.7 Å². The Bertz CT molecular complexity index is 741. The lowest BCUT2D eigenvalue weighted by atomic mass is 9.90. The number of hydrogen-bond acceptors (Lipinski definition) is 4. The monoisotopic (exact) mass is 347 g/mol. The number of carbonyl (C=O) groups is 1. The van der Waals surface area contributed by atoms with Gasteiger partial charge in [-0.1, -0.05) is 0 Å². The summed E-state index contributed by atoms with van der Waals surface area (Å²) in [7, 11) is 3.34. The van der Waals surface area contributed by atoms with Crippen molar-refractivity contribution >= 4 is 5.91 Å². The van der Waals surface area contributed by atoms with Gasteiger partial charge >= 0.3 is 0 Å². The van der Waals surface area contributed by atoms with Crippen molar-refractivity contribution in [3.05, 3.63) is 47.8 Å². The van der Waals surface area contributed by atoms with Crippen LogP contribution in [0.15, 0.2) is 30.6 Å². The van der Waals surface area contributed by atoms with E-state index in [9.17, 15) is 9.18 Å². The fourth-order valence-corrected chi connectivity index (χ4v) is 3.15. The lowest BCUT2D eigenvalue weighted by Gasteiger charge is -2.30. The van der Waals surface area contributed by atoms with Crippen LogP contribution in [0.3, 0.4) is 0 Å². The molecule has 1 N–H and O–H groups in total. The van der Waals surface area contributed by atoms with Crippen molar-refractivity contribution in [2.75, 3.05) is 20.3 Å². The molecule has 0 radical (unpaired) electrons. The Morgan fingerprint density at radius 3 is 2.80 bits per heavy atom. The highest BCUT2D eigenvalue weighted by Crippen LogP contribution is 2.29. The third-order valence-corrected chi connectivity index (χ3v) is 4.58. The number of carbonyl (C=O) groups excluding carboxylic acids is 1. The second-order valence-electron chi connectivity index (χ2n) is 6.14. The van der Waals surface area contributed by atoms with Crippen LogP contribution in [0.4, 0.5) is 4.39 Å². The SMILES string of the molecule is COc1ccc(C(=O)N[C@H](c2nccn2C)C2CCOCC2)c(F)c1. The van der Waals surface area contributed by atoms with E-state index in [1.807, 2.05) is 17.8 Å². The van der Waals surface area contributed by atoms with Crippen LogP contribution in [0.25, 0.3) is 0 Å². The minimum Gasteiger partial charge on any atom is -0.497 e. The average molecular weight is 347 g/mol. The van der Waals surface area contributed by atoms with E-state index < -0.39 is 11.7 Å². The van der Waals surface area contributed by atoms with E-state index in [1.54, 1.807) is 12.3 Å². The van der Waals surface area contributed by atoms with E-state index in [2.05, 4.69) is 10.3 Å². The molecule has 7 heteroatoms. The fourth-order valence-electron chi connectivity index (χ4n) is 3.15. The normalized spacial score (nSPS) is 16.4. The van der Waals surface area contributed by atoms with Gasteiger partial charge in [-0.3, -0.25) is 4.79 Å². The standard InChI is InChI=1S/C18H22FN3O3/c1-22-8-7-20-17(22)16(12-5-9-25-10-6-12)21-18(23)14-4-3-13(24-2)11-15(14)19/h3-4,7-8,11-12,16H,5-6,9-10H2,1-2H3,(H,21,23)/t16-/m0/s1. The number of benzene rings is 1. The highest BCUT2D eigenvalue weighted by atomic mass is 19.1. The number of imidazole rings is 1.